The van der Waals surface area contributed by atoms with Crippen LogP contribution < -0.4 is 10.6 Å². The molecule has 1 unspecified atom stereocenters. The molecule has 1 aromatic rings. The molecule has 4 heteroatoms. The average Bonchev–Trinajstić information content (AvgIpc) is 2.48. The Kier molecular flexibility index (Phi) is 4.76. The van der Waals surface area contributed by atoms with Crippen LogP contribution in [0.15, 0.2) is 24.3 Å². The summed E-state index contributed by atoms with van der Waals surface area (Å²) in [6.07, 6.45) is 2.52. The van der Waals surface area contributed by atoms with Crippen molar-refractivity contribution in [2.24, 2.45) is 5.41 Å². The Labute approximate surface area is 120 Å². The highest BCUT2D eigenvalue weighted by Crippen LogP contribution is 2.33. The van der Waals surface area contributed by atoms with E-state index in [9.17, 15) is 9.18 Å². The molecule has 1 aliphatic heterocycles. The van der Waals surface area contributed by atoms with Gasteiger partial charge in [-0.3, -0.25) is 4.79 Å². The second-order valence-corrected chi connectivity index (χ2v) is 5.60. The van der Waals surface area contributed by atoms with Crippen molar-refractivity contribution in [2.75, 3.05) is 13.1 Å². The molecule has 2 N–H and O–H groups in total. The van der Waals surface area contributed by atoms with Gasteiger partial charge in [0.25, 0.3) is 0 Å². The van der Waals surface area contributed by atoms with Crippen molar-refractivity contribution in [3.63, 3.8) is 0 Å². The number of hydrogen-bond donors (Lipinski definition) is 2. The molecule has 2 rings (SSSR count). The van der Waals surface area contributed by atoms with Crippen LogP contribution in [0.3, 0.4) is 0 Å². The van der Waals surface area contributed by atoms with E-state index in [1.165, 1.54) is 6.07 Å². The summed E-state index contributed by atoms with van der Waals surface area (Å²) >= 11 is 0. The molecule has 1 saturated heterocycles. The average molecular weight is 278 g/mol. The van der Waals surface area contributed by atoms with E-state index in [0.717, 1.165) is 32.4 Å². The van der Waals surface area contributed by atoms with Crippen molar-refractivity contribution in [3.8, 4) is 0 Å². The molecule has 110 valence electrons. The van der Waals surface area contributed by atoms with E-state index in [0.29, 0.717) is 5.56 Å². The number of hydrogen-bond acceptors (Lipinski definition) is 2. The number of carbonyl (C=O) groups is 1. The molecule has 0 aliphatic carbocycles. The first-order chi connectivity index (χ1) is 9.59. The molecule has 0 saturated carbocycles. The summed E-state index contributed by atoms with van der Waals surface area (Å²) in [5.41, 5.74) is 0.242. The van der Waals surface area contributed by atoms with Gasteiger partial charge in [0.2, 0.25) is 5.91 Å². The van der Waals surface area contributed by atoms with Crippen molar-refractivity contribution in [2.45, 2.75) is 39.2 Å². The number of carbonyl (C=O) groups excluding carboxylic acids is 1. The van der Waals surface area contributed by atoms with Crippen molar-refractivity contribution in [1.82, 2.24) is 10.6 Å². The van der Waals surface area contributed by atoms with Gasteiger partial charge >= 0.3 is 0 Å². The quantitative estimate of drug-likeness (QED) is 0.889. The summed E-state index contributed by atoms with van der Waals surface area (Å²) < 4.78 is 13.7. The normalized spacial score (nSPS) is 19.4. The summed E-state index contributed by atoms with van der Waals surface area (Å²) in [7, 11) is 0. The molecule has 3 nitrogen and oxygen atoms in total. The number of benzene rings is 1. The van der Waals surface area contributed by atoms with Crippen LogP contribution in [-0.2, 0) is 4.79 Å². The number of nitrogens with one attached hydrogen (secondary N) is 2. The summed E-state index contributed by atoms with van der Waals surface area (Å²) in [4.78, 5) is 12.6. The molecule has 0 aromatic heterocycles. The van der Waals surface area contributed by atoms with Gasteiger partial charge in [0.15, 0.2) is 0 Å². The van der Waals surface area contributed by atoms with Gasteiger partial charge in [0.05, 0.1) is 11.5 Å². The number of halogens is 1. The first-order valence-corrected chi connectivity index (χ1v) is 7.35. The Morgan fingerprint density at radius 1 is 1.40 bits per heavy atom. The Morgan fingerprint density at radius 2 is 2.05 bits per heavy atom. The first-order valence-electron chi connectivity index (χ1n) is 7.35. The lowest BCUT2D eigenvalue weighted by Crippen LogP contribution is -2.47. The van der Waals surface area contributed by atoms with Gasteiger partial charge in [-0.15, -0.1) is 0 Å². The Balaban J connectivity index is 2.08. The van der Waals surface area contributed by atoms with E-state index in [4.69, 9.17) is 0 Å². The highest BCUT2D eigenvalue weighted by atomic mass is 19.1. The highest BCUT2D eigenvalue weighted by molar-refractivity contribution is 5.83. The fourth-order valence-corrected chi connectivity index (χ4v) is 2.90. The lowest BCUT2D eigenvalue weighted by molar-refractivity contribution is -0.133. The second-order valence-electron chi connectivity index (χ2n) is 5.60. The number of piperidine rings is 1. The van der Waals surface area contributed by atoms with E-state index in [-0.39, 0.29) is 23.2 Å². The summed E-state index contributed by atoms with van der Waals surface area (Å²) in [6.45, 7) is 5.63. The molecule has 1 atom stereocenters. The summed E-state index contributed by atoms with van der Waals surface area (Å²) in [6, 6.07) is 6.30. The Bertz CT molecular complexity index is 469. The smallest absolute Gasteiger partial charge is 0.226 e. The molecule has 1 heterocycles. The molecule has 0 radical (unpaired) electrons. The van der Waals surface area contributed by atoms with Gasteiger partial charge in [-0.1, -0.05) is 25.1 Å². The maximum absolute atomic E-state index is 13.7. The Morgan fingerprint density at radius 3 is 2.65 bits per heavy atom. The maximum Gasteiger partial charge on any atom is 0.226 e. The zero-order chi connectivity index (χ0) is 14.6. The lowest BCUT2D eigenvalue weighted by atomic mass is 9.75. The van der Waals surface area contributed by atoms with Crippen LogP contribution in [0, 0.1) is 11.2 Å². The SMILES string of the molecule is CCC1(C(=O)NC(C)c2ccccc2F)CCNCC1. The van der Waals surface area contributed by atoms with Crippen LogP contribution in [0.5, 0.6) is 0 Å². The third-order valence-corrected chi connectivity index (χ3v) is 4.44. The number of rotatable bonds is 4. The third kappa shape index (κ3) is 3.01. The standard InChI is InChI=1S/C16H23FN2O/c1-3-16(8-10-18-11-9-16)15(20)19-12(2)13-6-4-5-7-14(13)17/h4-7,12,18H,3,8-11H2,1-2H3,(H,19,20). The van der Waals surface area contributed by atoms with Gasteiger partial charge in [-0.25, -0.2) is 4.39 Å². The monoisotopic (exact) mass is 278 g/mol. The fraction of sp³-hybridized carbons (Fsp3) is 0.562. The van der Waals surface area contributed by atoms with E-state index in [1.807, 2.05) is 6.92 Å². The minimum atomic E-state index is -0.304. The maximum atomic E-state index is 13.7. The minimum absolute atomic E-state index is 0.0530. The molecule has 1 aliphatic rings. The molecule has 0 spiro atoms. The van der Waals surface area contributed by atoms with Gasteiger partial charge in [-0.2, -0.15) is 0 Å². The molecule has 1 amide bonds. The van der Waals surface area contributed by atoms with Crippen LogP contribution in [0.25, 0.3) is 0 Å². The van der Waals surface area contributed by atoms with E-state index in [2.05, 4.69) is 17.6 Å². The van der Waals surface area contributed by atoms with Gasteiger partial charge in [-0.05, 0) is 45.3 Å². The zero-order valence-electron chi connectivity index (χ0n) is 12.2. The van der Waals surface area contributed by atoms with Crippen LogP contribution in [0.1, 0.15) is 44.7 Å². The second kappa shape index (κ2) is 6.35. The molecular weight excluding hydrogens is 255 g/mol. The van der Waals surface area contributed by atoms with Crippen molar-refractivity contribution >= 4 is 5.91 Å². The van der Waals surface area contributed by atoms with Crippen LogP contribution in [-0.4, -0.2) is 19.0 Å². The topological polar surface area (TPSA) is 41.1 Å². The molecule has 1 fully saturated rings. The summed E-state index contributed by atoms with van der Waals surface area (Å²) in [5, 5.41) is 6.27. The van der Waals surface area contributed by atoms with Crippen LogP contribution >= 0.6 is 0 Å². The van der Waals surface area contributed by atoms with Crippen LogP contribution in [0.2, 0.25) is 0 Å². The largest absolute Gasteiger partial charge is 0.349 e. The first kappa shape index (κ1) is 15.0. The summed E-state index contributed by atoms with van der Waals surface area (Å²) in [5.74, 6) is -0.214. The van der Waals surface area contributed by atoms with E-state index < -0.39 is 0 Å². The van der Waals surface area contributed by atoms with Crippen molar-refractivity contribution < 1.29 is 9.18 Å². The third-order valence-electron chi connectivity index (χ3n) is 4.44. The lowest BCUT2D eigenvalue weighted by Gasteiger charge is -2.36. The predicted molar refractivity (Wildman–Crippen MR) is 77.8 cm³/mol. The van der Waals surface area contributed by atoms with Crippen molar-refractivity contribution in [1.29, 1.82) is 0 Å². The Hall–Kier alpha value is -1.42. The fourth-order valence-electron chi connectivity index (χ4n) is 2.90. The van der Waals surface area contributed by atoms with Gasteiger partial charge in [0.1, 0.15) is 5.82 Å². The zero-order valence-corrected chi connectivity index (χ0v) is 12.2. The molecule has 0 bridgehead atoms. The van der Waals surface area contributed by atoms with Crippen LogP contribution in [0.4, 0.5) is 4.39 Å². The van der Waals surface area contributed by atoms with E-state index in [1.54, 1.807) is 18.2 Å². The van der Waals surface area contributed by atoms with Gasteiger partial charge in [0, 0.05) is 5.56 Å². The predicted octanol–water partition coefficient (Wildman–Crippen LogP) is 2.78. The van der Waals surface area contributed by atoms with Gasteiger partial charge < -0.3 is 10.6 Å². The van der Waals surface area contributed by atoms with Crippen molar-refractivity contribution in [3.05, 3.63) is 35.6 Å². The number of amides is 1. The molecule has 1 aromatic carbocycles. The molecule has 20 heavy (non-hydrogen) atoms. The molecular formula is C16H23FN2O. The van der Waals surface area contributed by atoms with E-state index >= 15 is 0 Å². The highest BCUT2D eigenvalue weighted by Gasteiger charge is 2.38. The minimum Gasteiger partial charge on any atom is -0.349 e.